The highest BCUT2D eigenvalue weighted by atomic mass is 32.1. The van der Waals surface area contributed by atoms with Gasteiger partial charge in [-0.3, -0.25) is 4.90 Å². The fourth-order valence-corrected chi connectivity index (χ4v) is 4.02. The molecule has 0 bridgehead atoms. The summed E-state index contributed by atoms with van der Waals surface area (Å²) in [7, 11) is 2.18. The third-order valence-electron chi connectivity index (χ3n) is 4.79. The topological polar surface area (TPSA) is 27.0 Å². The van der Waals surface area contributed by atoms with Crippen LogP contribution in [-0.4, -0.2) is 18.0 Å². The van der Waals surface area contributed by atoms with Crippen molar-refractivity contribution in [2.45, 2.75) is 52.6 Å². The van der Waals surface area contributed by atoms with Gasteiger partial charge in [0.1, 0.15) is 0 Å². The summed E-state index contributed by atoms with van der Waals surface area (Å²) in [5.41, 5.74) is 1.72. The Morgan fingerprint density at radius 1 is 1.40 bits per heavy atom. The molecule has 1 fully saturated rings. The van der Waals surface area contributed by atoms with E-state index in [0.29, 0.717) is 11.5 Å². The van der Waals surface area contributed by atoms with Crippen LogP contribution in [0.5, 0.6) is 0 Å². The van der Waals surface area contributed by atoms with Gasteiger partial charge in [0.15, 0.2) is 0 Å². The van der Waals surface area contributed by atoms with Crippen molar-refractivity contribution in [2.24, 2.45) is 17.3 Å². The second-order valence-electron chi connectivity index (χ2n) is 7.23. The maximum atomic E-state index is 9.45. The zero-order chi connectivity index (χ0) is 14.8. The van der Waals surface area contributed by atoms with Crippen LogP contribution in [0.2, 0.25) is 0 Å². The van der Waals surface area contributed by atoms with Crippen LogP contribution >= 0.6 is 11.3 Å². The van der Waals surface area contributed by atoms with Gasteiger partial charge in [0, 0.05) is 12.6 Å². The lowest BCUT2D eigenvalue weighted by atomic mass is 9.68. The fourth-order valence-electron chi connectivity index (χ4n) is 3.36. The monoisotopic (exact) mass is 290 g/mol. The molecule has 1 saturated carbocycles. The van der Waals surface area contributed by atoms with Gasteiger partial charge in [-0.15, -0.1) is 0 Å². The highest BCUT2D eigenvalue weighted by molar-refractivity contribution is 7.07. The molecule has 1 heterocycles. The molecule has 0 radical (unpaired) electrons. The van der Waals surface area contributed by atoms with Crippen molar-refractivity contribution >= 4 is 11.3 Å². The van der Waals surface area contributed by atoms with E-state index in [-0.39, 0.29) is 5.92 Å². The van der Waals surface area contributed by atoms with Gasteiger partial charge in [-0.1, -0.05) is 20.8 Å². The second kappa shape index (κ2) is 6.28. The quantitative estimate of drug-likeness (QED) is 0.817. The Morgan fingerprint density at radius 3 is 2.70 bits per heavy atom. The molecule has 0 N–H and O–H groups in total. The average Bonchev–Trinajstić information content (AvgIpc) is 2.89. The van der Waals surface area contributed by atoms with Crippen LogP contribution in [0.25, 0.3) is 0 Å². The van der Waals surface area contributed by atoms with Crippen LogP contribution < -0.4 is 0 Å². The molecular weight excluding hydrogens is 264 g/mol. The Labute approximate surface area is 127 Å². The average molecular weight is 290 g/mol. The minimum absolute atomic E-state index is 0.192. The van der Waals surface area contributed by atoms with Gasteiger partial charge >= 0.3 is 0 Å². The molecule has 0 spiro atoms. The van der Waals surface area contributed by atoms with Gasteiger partial charge in [-0.25, -0.2) is 0 Å². The van der Waals surface area contributed by atoms with E-state index in [9.17, 15) is 5.26 Å². The Kier molecular flexibility index (Phi) is 4.88. The number of hydrogen-bond acceptors (Lipinski definition) is 3. The van der Waals surface area contributed by atoms with Crippen LogP contribution in [0.3, 0.4) is 0 Å². The van der Waals surface area contributed by atoms with E-state index >= 15 is 0 Å². The first-order valence-electron chi connectivity index (χ1n) is 7.52. The second-order valence-corrected chi connectivity index (χ2v) is 8.01. The summed E-state index contributed by atoms with van der Waals surface area (Å²) in [6, 6.07) is 5.14. The molecule has 110 valence electrons. The molecule has 2 nitrogen and oxygen atoms in total. The summed E-state index contributed by atoms with van der Waals surface area (Å²) in [5, 5.41) is 13.8. The lowest BCUT2D eigenvalue weighted by molar-refractivity contribution is 0.0714. The van der Waals surface area contributed by atoms with Crippen LogP contribution in [0.4, 0.5) is 0 Å². The molecule has 3 heteroatoms. The smallest absolute Gasteiger partial charge is 0.0672 e. The predicted octanol–water partition coefficient (Wildman–Crippen LogP) is 4.53. The molecule has 0 saturated heterocycles. The number of hydrogen-bond donors (Lipinski definition) is 0. The molecule has 1 aliphatic carbocycles. The lowest BCUT2D eigenvalue weighted by Crippen LogP contribution is -2.43. The van der Waals surface area contributed by atoms with Gasteiger partial charge in [0.25, 0.3) is 0 Å². The van der Waals surface area contributed by atoms with Crippen LogP contribution in [0.1, 0.15) is 45.6 Å². The Bertz CT molecular complexity index is 452. The Hall–Kier alpha value is -0.850. The number of nitrogens with zero attached hydrogens (tertiary/aromatic N) is 2. The fraction of sp³-hybridized carbons (Fsp3) is 0.706. The maximum absolute atomic E-state index is 9.45. The van der Waals surface area contributed by atoms with E-state index in [2.05, 4.69) is 55.6 Å². The van der Waals surface area contributed by atoms with Crippen molar-refractivity contribution in [3.05, 3.63) is 22.4 Å². The lowest BCUT2D eigenvalue weighted by Gasteiger charge is -2.43. The molecule has 0 aliphatic heterocycles. The summed E-state index contributed by atoms with van der Waals surface area (Å²) in [6.45, 7) is 7.96. The van der Waals surface area contributed by atoms with Crippen molar-refractivity contribution in [1.82, 2.24) is 4.90 Å². The highest BCUT2D eigenvalue weighted by Gasteiger charge is 2.37. The van der Waals surface area contributed by atoms with E-state index in [0.717, 1.165) is 25.3 Å². The van der Waals surface area contributed by atoms with Gasteiger partial charge in [0.2, 0.25) is 0 Å². The van der Waals surface area contributed by atoms with Gasteiger partial charge in [0.05, 0.1) is 12.0 Å². The summed E-state index contributed by atoms with van der Waals surface area (Å²) < 4.78 is 0. The first-order valence-corrected chi connectivity index (χ1v) is 8.47. The van der Waals surface area contributed by atoms with Crippen molar-refractivity contribution in [2.75, 3.05) is 7.05 Å². The van der Waals surface area contributed by atoms with Crippen molar-refractivity contribution in [3.8, 4) is 6.07 Å². The Morgan fingerprint density at radius 2 is 2.15 bits per heavy atom. The zero-order valence-electron chi connectivity index (χ0n) is 13.1. The van der Waals surface area contributed by atoms with Gasteiger partial charge in [-0.2, -0.15) is 16.6 Å². The zero-order valence-corrected chi connectivity index (χ0v) is 13.9. The molecule has 2 rings (SSSR count). The molecule has 1 aliphatic rings. The van der Waals surface area contributed by atoms with Gasteiger partial charge in [-0.05, 0) is 60.0 Å². The number of thiophene rings is 1. The van der Waals surface area contributed by atoms with Crippen molar-refractivity contribution in [3.63, 3.8) is 0 Å². The number of nitriles is 1. The third-order valence-corrected chi connectivity index (χ3v) is 5.52. The maximum Gasteiger partial charge on any atom is 0.0672 e. The Balaban J connectivity index is 2.07. The van der Waals surface area contributed by atoms with Gasteiger partial charge < -0.3 is 0 Å². The van der Waals surface area contributed by atoms with Crippen molar-refractivity contribution in [1.29, 1.82) is 5.26 Å². The van der Waals surface area contributed by atoms with Crippen LogP contribution in [0.15, 0.2) is 16.8 Å². The van der Waals surface area contributed by atoms with E-state index in [1.807, 2.05) is 0 Å². The van der Waals surface area contributed by atoms with Crippen LogP contribution in [0, 0.1) is 28.6 Å². The molecule has 1 aromatic heterocycles. The van der Waals surface area contributed by atoms with E-state index in [1.165, 1.54) is 12.0 Å². The molecule has 1 aromatic rings. The van der Waals surface area contributed by atoms with Crippen LogP contribution in [-0.2, 0) is 6.54 Å². The summed E-state index contributed by atoms with van der Waals surface area (Å²) in [6.07, 6.45) is 3.41. The summed E-state index contributed by atoms with van der Waals surface area (Å²) in [4.78, 5) is 2.40. The third kappa shape index (κ3) is 3.62. The molecule has 0 amide bonds. The normalized spacial score (nSPS) is 27.5. The molecule has 0 aromatic carbocycles. The molecule has 3 unspecified atom stereocenters. The number of rotatable bonds is 3. The first-order chi connectivity index (χ1) is 9.41. The predicted molar refractivity (Wildman–Crippen MR) is 85.5 cm³/mol. The minimum Gasteiger partial charge on any atom is -0.298 e. The molecule has 3 atom stereocenters. The van der Waals surface area contributed by atoms with E-state index in [4.69, 9.17) is 0 Å². The molecular formula is C17H26N2S. The first kappa shape index (κ1) is 15.5. The summed E-state index contributed by atoms with van der Waals surface area (Å²) >= 11 is 1.75. The SMILES string of the molecule is CN(Cc1ccsc1)C1CC(C(C)(C)C)CCC1C#N. The van der Waals surface area contributed by atoms with E-state index < -0.39 is 0 Å². The largest absolute Gasteiger partial charge is 0.298 e. The summed E-state index contributed by atoms with van der Waals surface area (Å²) in [5.74, 6) is 0.916. The van der Waals surface area contributed by atoms with E-state index in [1.54, 1.807) is 11.3 Å². The standard InChI is InChI=1S/C17H26N2S/c1-17(2,3)15-6-5-14(10-18)16(9-15)19(4)11-13-7-8-20-12-13/h7-8,12,14-16H,5-6,9,11H2,1-4H3. The minimum atomic E-state index is 0.192. The molecule has 20 heavy (non-hydrogen) atoms. The van der Waals surface area contributed by atoms with Crippen molar-refractivity contribution < 1.29 is 0 Å². The highest BCUT2D eigenvalue weighted by Crippen LogP contribution is 2.41.